The molecule has 0 bridgehead atoms. The highest BCUT2D eigenvalue weighted by molar-refractivity contribution is 6.00. The molecule has 0 amide bonds. The van der Waals surface area contributed by atoms with Gasteiger partial charge < -0.3 is 4.57 Å². The van der Waals surface area contributed by atoms with Crippen LogP contribution in [0.25, 0.3) is 22.2 Å². The molecule has 0 radical (unpaired) electrons. The Morgan fingerprint density at radius 2 is 1.46 bits per heavy atom. The van der Waals surface area contributed by atoms with E-state index in [0.29, 0.717) is 0 Å². The van der Waals surface area contributed by atoms with Crippen LogP contribution < -0.4 is 0 Å². The first-order chi connectivity index (χ1) is 12.6. The molecule has 3 aromatic carbocycles. The number of aromatic nitrogens is 1. The quantitative estimate of drug-likeness (QED) is 0.364. The van der Waals surface area contributed by atoms with Crippen molar-refractivity contribution in [1.29, 1.82) is 0 Å². The number of hydrogen-bond acceptors (Lipinski definition) is 2. The van der Waals surface area contributed by atoms with E-state index < -0.39 is 0 Å². The Balaban J connectivity index is 1.94. The molecule has 0 spiro atoms. The van der Waals surface area contributed by atoms with Crippen molar-refractivity contribution < 1.29 is 0 Å². The number of benzene rings is 3. The summed E-state index contributed by atoms with van der Waals surface area (Å²) in [6.07, 6.45) is 0. The fourth-order valence-corrected chi connectivity index (χ4v) is 3.40. The summed E-state index contributed by atoms with van der Waals surface area (Å²) < 4.78 is 2.20. The van der Waals surface area contributed by atoms with Crippen molar-refractivity contribution in [3.8, 4) is 11.3 Å². The molecule has 0 aliphatic heterocycles. The summed E-state index contributed by atoms with van der Waals surface area (Å²) in [5, 5.41) is 10.3. The number of azo groups is 1. The molecule has 128 valence electrons. The Morgan fingerprint density at radius 3 is 2.23 bits per heavy atom. The molecule has 0 aliphatic rings. The highest BCUT2D eigenvalue weighted by atomic mass is 15.1. The first kappa shape index (κ1) is 16.3. The highest BCUT2D eigenvalue weighted by Gasteiger charge is 2.16. The smallest absolute Gasteiger partial charge is 0.119 e. The SMILES string of the molecule is Cc1cccc(N=Nc2c(-c3cccc(C)c3)n(C)c3ccccc23)c1. The van der Waals surface area contributed by atoms with E-state index in [1.54, 1.807) is 0 Å². The lowest BCUT2D eigenvalue weighted by Gasteiger charge is -2.06. The van der Waals surface area contributed by atoms with Crippen molar-refractivity contribution in [2.24, 2.45) is 17.3 Å². The van der Waals surface area contributed by atoms with Crippen LogP contribution in [0.3, 0.4) is 0 Å². The Hall–Kier alpha value is -3.20. The van der Waals surface area contributed by atoms with Crippen LogP contribution in [0.1, 0.15) is 11.1 Å². The second-order valence-corrected chi connectivity index (χ2v) is 6.68. The monoisotopic (exact) mass is 339 g/mol. The van der Waals surface area contributed by atoms with E-state index in [2.05, 4.69) is 84.2 Å². The van der Waals surface area contributed by atoms with Crippen LogP contribution in [0.4, 0.5) is 11.4 Å². The van der Waals surface area contributed by atoms with Crippen molar-refractivity contribution in [3.05, 3.63) is 83.9 Å². The molecule has 0 unspecified atom stereocenters. The summed E-state index contributed by atoms with van der Waals surface area (Å²) in [7, 11) is 2.09. The molecule has 3 nitrogen and oxygen atoms in total. The summed E-state index contributed by atoms with van der Waals surface area (Å²) in [4.78, 5) is 0. The lowest BCUT2D eigenvalue weighted by atomic mass is 10.1. The maximum Gasteiger partial charge on any atom is 0.119 e. The van der Waals surface area contributed by atoms with Gasteiger partial charge in [0.1, 0.15) is 5.69 Å². The summed E-state index contributed by atoms with van der Waals surface area (Å²) in [5.74, 6) is 0. The van der Waals surface area contributed by atoms with Gasteiger partial charge in [-0.25, -0.2) is 0 Å². The predicted molar refractivity (Wildman–Crippen MR) is 108 cm³/mol. The molecule has 0 atom stereocenters. The summed E-state index contributed by atoms with van der Waals surface area (Å²) in [5.41, 5.74) is 7.59. The Bertz CT molecular complexity index is 1120. The van der Waals surface area contributed by atoms with Gasteiger partial charge >= 0.3 is 0 Å². The largest absolute Gasteiger partial charge is 0.342 e. The van der Waals surface area contributed by atoms with Crippen LogP contribution >= 0.6 is 0 Å². The molecule has 1 aromatic heterocycles. The summed E-state index contributed by atoms with van der Waals surface area (Å²) in [6, 6.07) is 25.0. The Labute approximate surface area is 153 Å². The van der Waals surface area contributed by atoms with E-state index in [0.717, 1.165) is 33.5 Å². The minimum absolute atomic E-state index is 0.869. The van der Waals surface area contributed by atoms with Crippen LogP contribution in [-0.2, 0) is 7.05 Å². The zero-order chi connectivity index (χ0) is 18.1. The third-order valence-electron chi connectivity index (χ3n) is 4.64. The van der Waals surface area contributed by atoms with E-state index >= 15 is 0 Å². The van der Waals surface area contributed by atoms with Gasteiger partial charge in [0.2, 0.25) is 0 Å². The summed E-state index contributed by atoms with van der Waals surface area (Å²) >= 11 is 0. The van der Waals surface area contributed by atoms with Crippen molar-refractivity contribution in [2.75, 3.05) is 0 Å². The van der Waals surface area contributed by atoms with Crippen molar-refractivity contribution in [2.45, 2.75) is 13.8 Å². The molecule has 26 heavy (non-hydrogen) atoms. The zero-order valence-corrected chi connectivity index (χ0v) is 15.3. The molecule has 0 saturated heterocycles. The van der Waals surface area contributed by atoms with Crippen LogP contribution in [-0.4, -0.2) is 4.57 Å². The van der Waals surface area contributed by atoms with Crippen molar-refractivity contribution >= 4 is 22.3 Å². The van der Waals surface area contributed by atoms with Crippen LogP contribution in [0, 0.1) is 13.8 Å². The van der Waals surface area contributed by atoms with Gasteiger partial charge in [0, 0.05) is 18.0 Å². The van der Waals surface area contributed by atoms with Crippen molar-refractivity contribution in [3.63, 3.8) is 0 Å². The van der Waals surface area contributed by atoms with Gasteiger partial charge in [-0.3, -0.25) is 0 Å². The van der Waals surface area contributed by atoms with Gasteiger partial charge in [-0.1, -0.05) is 54.1 Å². The Morgan fingerprint density at radius 1 is 0.731 bits per heavy atom. The third-order valence-corrected chi connectivity index (χ3v) is 4.64. The molecule has 0 aliphatic carbocycles. The average molecular weight is 339 g/mol. The fraction of sp³-hybridized carbons (Fsp3) is 0.130. The molecular formula is C23H21N3. The normalized spacial score (nSPS) is 11.5. The maximum absolute atomic E-state index is 4.68. The molecule has 1 heterocycles. The van der Waals surface area contributed by atoms with Crippen molar-refractivity contribution in [1.82, 2.24) is 4.57 Å². The standard InChI is InChI=1S/C23H21N3/c1-16-8-6-10-18(14-16)23-22(20-12-4-5-13-21(20)26(23)3)25-24-19-11-7-9-17(2)15-19/h4-15H,1-3H3. The number of hydrogen-bond donors (Lipinski definition) is 0. The second-order valence-electron chi connectivity index (χ2n) is 6.68. The van der Waals surface area contributed by atoms with Gasteiger partial charge in [-0.2, -0.15) is 5.11 Å². The van der Waals surface area contributed by atoms with Gasteiger partial charge in [-0.05, 0) is 43.7 Å². The lowest BCUT2D eigenvalue weighted by Crippen LogP contribution is -1.91. The van der Waals surface area contributed by atoms with Gasteiger partial charge in [0.25, 0.3) is 0 Å². The summed E-state index contributed by atoms with van der Waals surface area (Å²) in [6.45, 7) is 4.18. The Kier molecular flexibility index (Phi) is 4.13. The fourth-order valence-electron chi connectivity index (χ4n) is 3.40. The minimum atomic E-state index is 0.869. The lowest BCUT2D eigenvalue weighted by molar-refractivity contribution is 0.975. The predicted octanol–water partition coefficient (Wildman–Crippen LogP) is 6.88. The number of rotatable bonds is 3. The van der Waals surface area contributed by atoms with Crippen LogP contribution in [0.2, 0.25) is 0 Å². The topological polar surface area (TPSA) is 29.6 Å². The maximum atomic E-state index is 4.68. The first-order valence-corrected chi connectivity index (χ1v) is 8.76. The molecular weight excluding hydrogens is 318 g/mol. The molecule has 0 fully saturated rings. The molecule has 0 saturated carbocycles. The van der Waals surface area contributed by atoms with E-state index in [-0.39, 0.29) is 0 Å². The van der Waals surface area contributed by atoms with Gasteiger partial charge in [0.15, 0.2) is 0 Å². The zero-order valence-electron chi connectivity index (χ0n) is 15.3. The number of fused-ring (bicyclic) bond motifs is 1. The number of aryl methyl sites for hydroxylation is 3. The number of para-hydroxylation sites is 1. The van der Waals surface area contributed by atoms with E-state index in [1.165, 1.54) is 11.1 Å². The van der Waals surface area contributed by atoms with Gasteiger partial charge in [0.05, 0.1) is 16.9 Å². The molecule has 3 heteroatoms. The van der Waals surface area contributed by atoms with E-state index in [4.69, 9.17) is 0 Å². The number of nitrogens with zero attached hydrogens (tertiary/aromatic N) is 3. The minimum Gasteiger partial charge on any atom is -0.342 e. The molecule has 4 aromatic rings. The van der Waals surface area contributed by atoms with Crippen LogP contribution in [0.15, 0.2) is 83.0 Å². The first-order valence-electron chi connectivity index (χ1n) is 8.76. The molecule has 4 rings (SSSR count). The molecule has 0 N–H and O–H groups in total. The van der Waals surface area contributed by atoms with E-state index in [1.807, 2.05) is 24.3 Å². The van der Waals surface area contributed by atoms with E-state index in [9.17, 15) is 0 Å². The average Bonchev–Trinajstić information content (AvgIpc) is 2.92. The van der Waals surface area contributed by atoms with Gasteiger partial charge in [-0.15, -0.1) is 5.11 Å². The van der Waals surface area contributed by atoms with Crippen LogP contribution in [0.5, 0.6) is 0 Å². The second kappa shape index (κ2) is 6.60. The third kappa shape index (κ3) is 2.92. The highest BCUT2D eigenvalue weighted by Crippen LogP contribution is 2.40.